The molecular formula is C19H20N4O4. The monoisotopic (exact) mass is 368 g/mol. The van der Waals surface area contributed by atoms with Crippen molar-refractivity contribution in [2.24, 2.45) is 0 Å². The summed E-state index contributed by atoms with van der Waals surface area (Å²) in [5.74, 6) is -0.417. The number of aromatic nitrogens is 1. The molecule has 1 aliphatic rings. The molecule has 3 amide bonds. The van der Waals surface area contributed by atoms with Crippen LogP contribution >= 0.6 is 0 Å². The quantitative estimate of drug-likeness (QED) is 0.379. The summed E-state index contributed by atoms with van der Waals surface area (Å²) in [6.07, 6.45) is 1.69. The number of imide groups is 1. The van der Waals surface area contributed by atoms with E-state index in [4.69, 9.17) is 0 Å². The Morgan fingerprint density at radius 3 is 2.41 bits per heavy atom. The molecule has 0 unspecified atom stereocenters. The van der Waals surface area contributed by atoms with Crippen molar-refractivity contribution in [3.05, 3.63) is 68.7 Å². The van der Waals surface area contributed by atoms with Crippen molar-refractivity contribution < 1.29 is 14.5 Å². The molecule has 140 valence electrons. The van der Waals surface area contributed by atoms with Crippen LogP contribution in [-0.2, 0) is 17.9 Å². The van der Waals surface area contributed by atoms with Crippen LogP contribution in [0.1, 0.15) is 29.4 Å². The highest BCUT2D eigenvalue weighted by atomic mass is 16.6. The minimum atomic E-state index is -0.506. The van der Waals surface area contributed by atoms with Gasteiger partial charge >= 0.3 is 6.03 Å². The number of amides is 3. The van der Waals surface area contributed by atoms with Gasteiger partial charge in [-0.15, -0.1) is 0 Å². The number of nitrogens with one attached hydrogen (secondary N) is 1. The number of carbonyl (C=O) groups is 2. The fourth-order valence-electron chi connectivity index (χ4n) is 3.24. The summed E-state index contributed by atoms with van der Waals surface area (Å²) in [5.41, 5.74) is 3.81. The Hall–Kier alpha value is -3.42. The van der Waals surface area contributed by atoms with Crippen LogP contribution in [0.25, 0.3) is 6.08 Å². The second-order valence-electron chi connectivity index (χ2n) is 6.37. The highest BCUT2D eigenvalue weighted by molar-refractivity contribution is 6.13. The fourth-order valence-corrected chi connectivity index (χ4v) is 3.24. The van der Waals surface area contributed by atoms with Crippen molar-refractivity contribution in [3.8, 4) is 0 Å². The second kappa shape index (κ2) is 7.06. The van der Waals surface area contributed by atoms with Gasteiger partial charge in [0.2, 0.25) is 0 Å². The molecule has 1 N–H and O–H groups in total. The maximum absolute atomic E-state index is 12.6. The Balaban J connectivity index is 1.81. The molecule has 0 radical (unpaired) electrons. The summed E-state index contributed by atoms with van der Waals surface area (Å²) in [6.45, 7) is 6.89. The summed E-state index contributed by atoms with van der Waals surface area (Å²) in [6, 6.07) is 7.25. The van der Waals surface area contributed by atoms with Gasteiger partial charge < -0.3 is 9.88 Å². The van der Waals surface area contributed by atoms with E-state index in [2.05, 4.69) is 9.88 Å². The first-order valence-corrected chi connectivity index (χ1v) is 8.56. The van der Waals surface area contributed by atoms with Gasteiger partial charge in [0.15, 0.2) is 0 Å². The van der Waals surface area contributed by atoms with E-state index in [1.807, 2.05) is 26.8 Å². The predicted octanol–water partition coefficient (Wildman–Crippen LogP) is 3.13. The van der Waals surface area contributed by atoms with E-state index in [9.17, 15) is 19.7 Å². The molecule has 27 heavy (non-hydrogen) atoms. The number of nitro benzene ring substituents is 1. The topological polar surface area (TPSA) is 97.5 Å². The third kappa shape index (κ3) is 3.46. The Bertz CT molecular complexity index is 957. The normalized spacial score (nSPS) is 15.5. The van der Waals surface area contributed by atoms with Crippen molar-refractivity contribution in [2.75, 3.05) is 0 Å². The van der Waals surface area contributed by atoms with Crippen molar-refractivity contribution in [3.63, 3.8) is 0 Å². The minimum absolute atomic E-state index is 0.0391. The Labute approximate surface area is 156 Å². The molecule has 0 spiro atoms. The summed E-state index contributed by atoms with van der Waals surface area (Å²) in [5, 5.41) is 13.3. The smallest absolute Gasteiger partial charge is 0.329 e. The number of rotatable bonds is 5. The molecule has 0 saturated carbocycles. The van der Waals surface area contributed by atoms with E-state index >= 15 is 0 Å². The molecule has 1 saturated heterocycles. The van der Waals surface area contributed by atoms with Crippen LogP contribution < -0.4 is 5.32 Å². The number of hydrogen-bond acceptors (Lipinski definition) is 4. The molecule has 1 aromatic heterocycles. The zero-order chi connectivity index (χ0) is 19.7. The maximum Gasteiger partial charge on any atom is 0.329 e. The Morgan fingerprint density at radius 1 is 1.19 bits per heavy atom. The van der Waals surface area contributed by atoms with E-state index in [1.54, 1.807) is 6.08 Å². The third-order valence-electron chi connectivity index (χ3n) is 4.68. The van der Waals surface area contributed by atoms with Gasteiger partial charge in [-0.05, 0) is 44.0 Å². The lowest BCUT2D eigenvalue weighted by Gasteiger charge is -2.11. The maximum atomic E-state index is 12.6. The van der Waals surface area contributed by atoms with Gasteiger partial charge in [-0.3, -0.25) is 19.8 Å². The number of hydrogen-bond donors (Lipinski definition) is 1. The van der Waals surface area contributed by atoms with Gasteiger partial charge in [0, 0.05) is 30.1 Å². The number of aryl methyl sites for hydroxylation is 1. The molecule has 1 fully saturated rings. The van der Waals surface area contributed by atoms with Crippen LogP contribution in [0.2, 0.25) is 0 Å². The summed E-state index contributed by atoms with van der Waals surface area (Å²) < 4.78 is 2.13. The lowest BCUT2D eigenvalue weighted by atomic mass is 10.2. The largest absolute Gasteiger partial charge is 0.349 e. The first kappa shape index (κ1) is 18.4. The lowest BCUT2D eigenvalue weighted by molar-refractivity contribution is -0.384. The number of carbonyl (C=O) groups excluding carboxylic acids is 2. The molecule has 0 bridgehead atoms. The number of nitro groups is 1. The van der Waals surface area contributed by atoms with Crippen LogP contribution in [-0.4, -0.2) is 26.3 Å². The molecule has 1 aromatic carbocycles. The predicted molar refractivity (Wildman–Crippen MR) is 99.7 cm³/mol. The molecule has 0 atom stereocenters. The highest BCUT2D eigenvalue weighted by Crippen LogP contribution is 2.22. The molecule has 0 aliphatic carbocycles. The van der Waals surface area contributed by atoms with E-state index in [0.717, 1.165) is 28.4 Å². The average molecular weight is 368 g/mol. The average Bonchev–Trinajstić information content (AvgIpc) is 3.05. The Kier molecular flexibility index (Phi) is 4.81. The van der Waals surface area contributed by atoms with Gasteiger partial charge in [0.05, 0.1) is 11.5 Å². The molecule has 1 aliphatic heterocycles. The van der Waals surface area contributed by atoms with Crippen LogP contribution in [0.4, 0.5) is 10.5 Å². The van der Waals surface area contributed by atoms with Crippen molar-refractivity contribution in [1.82, 2.24) is 14.8 Å². The molecule has 2 heterocycles. The van der Waals surface area contributed by atoms with E-state index in [-0.39, 0.29) is 17.9 Å². The van der Waals surface area contributed by atoms with Crippen molar-refractivity contribution in [2.45, 2.75) is 33.9 Å². The highest BCUT2D eigenvalue weighted by Gasteiger charge is 2.33. The van der Waals surface area contributed by atoms with Crippen LogP contribution in [0, 0.1) is 24.0 Å². The fraction of sp³-hybridized carbons (Fsp3) is 0.263. The second-order valence-corrected chi connectivity index (χ2v) is 6.37. The Morgan fingerprint density at radius 2 is 1.85 bits per heavy atom. The van der Waals surface area contributed by atoms with Crippen molar-refractivity contribution in [1.29, 1.82) is 0 Å². The van der Waals surface area contributed by atoms with Crippen molar-refractivity contribution >= 4 is 23.7 Å². The number of urea groups is 1. The minimum Gasteiger partial charge on any atom is -0.349 e. The summed E-state index contributed by atoms with van der Waals surface area (Å²) in [7, 11) is 0. The van der Waals surface area contributed by atoms with Gasteiger partial charge in [-0.1, -0.05) is 12.1 Å². The summed E-state index contributed by atoms with van der Waals surface area (Å²) >= 11 is 0. The van der Waals surface area contributed by atoms with Crippen LogP contribution in [0.15, 0.2) is 36.0 Å². The van der Waals surface area contributed by atoms with E-state index in [0.29, 0.717) is 5.56 Å². The van der Waals surface area contributed by atoms with Gasteiger partial charge in [0.1, 0.15) is 5.70 Å². The molecule has 3 rings (SSSR count). The first-order chi connectivity index (χ1) is 12.8. The molecule has 8 heteroatoms. The zero-order valence-corrected chi connectivity index (χ0v) is 15.4. The van der Waals surface area contributed by atoms with E-state index < -0.39 is 16.9 Å². The lowest BCUT2D eigenvalue weighted by Crippen LogP contribution is -2.30. The number of benzene rings is 1. The van der Waals surface area contributed by atoms with Gasteiger partial charge in [-0.25, -0.2) is 4.79 Å². The third-order valence-corrected chi connectivity index (χ3v) is 4.68. The summed E-state index contributed by atoms with van der Waals surface area (Å²) in [4.78, 5) is 36.2. The number of nitrogens with zero attached hydrogens (tertiary/aromatic N) is 3. The van der Waals surface area contributed by atoms with E-state index in [1.165, 1.54) is 24.3 Å². The van der Waals surface area contributed by atoms with Crippen LogP contribution in [0.3, 0.4) is 0 Å². The first-order valence-electron chi connectivity index (χ1n) is 8.56. The van der Waals surface area contributed by atoms with Crippen LogP contribution in [0.5, 0.6) is 0 Å². The standard InChI is InChI=1S/C19H20N4O4/c1-4-21-12(2)9-15(13(21)3)10-17-18(24)22(19(25)20-17)11-14-5-7-16(8-6-14)23(26)27/h5-10H,4,11H2,1-3H3,(H,20,25)/b17-10-. The van der Waals surface area contributed by atoms with Gasteiger partial charge in [-0.2, -0.15) is 0 Å². The van der Waals surface area contributed by atoms with Gasteiger partial charge in [0.25, 0.3) is 11.6 Å². The zero-order valence-electron chi connectivity index (χ0n) is 15.4. The molecule has 8 nitrogen and oxygen atoms in total. The molecular weight excluding hydrogens is 348 g/mol. The SMILES string of the molecule is CCn1c(C)cc(/C=C2\NC(=O)N(Cc3ccc([N+](=O)[O-])cc3)C2=O)c1C. The number of non-ortho nitro benzene ring substituents is 1. The molecule has 2 aromatic rings.